The molecule has 102 valence electrons. The average Bonchev–Trinajstić information content (AvgIpc) is 2.95. The monoisotopic (exact) mass is 261 g/mol. The molecule has 1 N–H and O–H groups in total. The first-order chi connectivity index (χ1) is 9.36. The number of nitrogens with zero attached hydrogens (tertiary/aromatic N) is 2. The molecule has 0 unspecified atom stereocenters. The Morgan fingerprint density at radius 3 is 2.95 bits per heavy atom. The molecule has 1 aliphatic heterocycles. The smallest absolute Gasteiger partial charge is 0.202 e. The number of nitrogens with one attached hydrogen (secondary N) is 1. The highest BCUT2D eigenvalue weighted by atomic mass is 16.5. The van der Waals surface area contributed by atoms with E-state index in [0.717, 1.165) is 44.1 Å². The summed E-state index contributed by atoms with van der Waals surface area (Å²) in [5.74, 6) is 1.43. The first-order valence-electron chi connectivity index (χ1n) is 6.81. The molecule has 0 aliphatic carbocycles. The van der Waals surface area contributed by atoms with Crippen LogP contribution >= 0.6 is 0 Å². The molecule has 3 rings (SSSR count). The van der Waals surface area contributed by atoms with E-state index in [-0.39, 0.29) is 0 Å². The van der Waals surface area contributed by atoms with Gasteiger partial charge in [-0.05, 0) is 25.1 Å². The normalized spacial score (nSPS) is 15.9. The van der Waals surface area contributed by atoms with Crippen molar-refractivity contribution in [2.24, 2.45) is 0 Å². The van der Waals surface area contributed by atoms with E-state index in [4.69, 9.17) is 8.94 Å². The summed E-state index contributed by atoms with van der Waals surface area (Å²) in [5, 5.41) is 7.45. The van der Waals surface area contributed by atoms with Crippen LogP contribution in [0.4, 0.5) is 0 Å². The molecule has 5 nitrogen and oxygen atoms in total. The van der Waals surface area contributed by atoms with Gasteiger partial charge in [-0.3, -0.25) is 4.90 Å². The Balaban J connectivity index is 1.68. The summed E-state index contributed by atoms with van der Waals surface area (Å²) in [6.45, 7) is 6.28. The van der Waals surface area contributed by atoms with Crippen LogP contribution in [0.25, 0.3) is 11.5 Å². The van der Waals surface area contributed by atoms with Gasteiger partial charge < -0.3 is 14.3 Å². The second-order valence-corrected chi connectivity index (χ2v) is 4.94. The fourth-order valence-corrected chi connectivity index (χ4v) is 2.34. The quantitative estimate of drug-likeness (QED) is 0.863. The van der Waals surface area contributed by atoms with Crippen molar-refractivity contribution in [3.05, 3.63) is 30.2 Å². The minimum absolute atomic E-state index is 0.628. The van der Waals surface area contributed by atoms with Crippen molar-refractivity contribution in [2.45, 2.75) is 25.9 Å². The van der Waals surface area contributed by atoms with Crippen molar-refractivity contribution < 1.29 is 8.94 Å². The summed E-state index contributed by atoms with van der Waals surface area (Å²) in [5.41, 5.74) is 0.965. The molecule has 2 aromatic heterocycles. The zero-order chi connectivity index (χ0) is 13.1. The molecular formula is C14H19N3O2. The summed E-state index contributed by atoms with van der Waals surface area (Å²) in [7, 11) is 0. The highest BCUT2D eigenvalue weighted by Gasteiger charge is 2.24. The molecule has 2 aromatic rings. The molecule has 0 amide bonds. The predicted octanol–water partition coefficient (Wildman–Crippen LogP) is 2.12. The molecule has 0 saturated carbocycles. The second kappa shape index (κ2) is 5.59. The Morgan fingerprint density at radius 1 is 1.42 bits per heavy atom. The van der Waals surface area contributed by atoms with E-state index in [1.165, 1.54) is 0 Å². The molecule has 1 saturated heterocycles. The van der Waals surface area contributed by atoms with Crippen LogP contribution in [0.2, 0.25) is 0 Å². The van der Waals surface area contributed by atoms with Crippen molar-refractivity contribution in [2.75, 3.05) is 19.6 Å². The molecule has 5 heteroatoms. The molecule has 0 radical (unpaired) electrons. The summed E-state index contributed by atoms with van der Waals surface area (Å²) in [6, 6.07) is 6.32. The Bertz CT molecular complexity index is 503. The molecule has 1 aliphatic rings. The Kier molecular flexibility index (Phi) is 3.66. The number of hydrogen-bond donors (Lipinski definition) is 1. The maximum absolute atomic E-state index is 5.33. The molecular weight excluding hydrogens is 242 g/mol. The van der Waals surface area contributed by atoms with Crippen molar-refractivity contribution in [1.82, 2.24) is 15.4 Å². The van der Waals surface area contributed by atoms with Gasteiger partial charge in [-0.2, -0.15) is 0 Å². The van der Waals surface area contributed by atoms with Gasteiger partial charge in [-0.15, -0.1) is 0 Å². The summed E-state index contributed by atoms with van der Waals surface area (Å²) in [4.78, 5) is 2.46. The van der Waals surface area contributed by atoms with Crippen LogP contribution in [0.5, 0.6) is 0 Å². The number of furan rings is 1. The molecule has 1 fully saturated rings. The van der Waals surface area contributed by atoms with E-state index in [9.17, 15) is 0 Å². The number of rotatable bonds is 6. The Hall–Kier alpha value is -1.59. The van der Waals surface area contributed by atoms with E-state index < -0.39 is 0 Å². The number of aromatic nitrogens is 1. The third kappa shape index (κ3) is 2.72. The van der Waals surface area contributed by atoms with Gasteiger partial charge in [0.15, 0.2) is 5.76 Å². The van der Waals surface area contributed by atoms with Crippen LogP contribution in [0, 0.1) is 0 Å². The Morgan fingerprint density at radius 2 is 2.32 bits per heavy atom. The van der Waals surface area contributed by atoms with E-state index in [1.807, 2.05) is 18.2 Å². The van der Waals surface area contributed by atoms with Gasteiger partial charge in [-0.25, -0.2) is 0 Å². The fraction of sp³-hybridized carbons (Fsp3) is 0.500. The summed E-state index contributed by atoms with van der Waals surface area (Å²) < 4.78 is 10.6. The summed E-state index contributed by atoms with van der Waals surface area (Å²) >= 11 is 0. The van der Waals surface area contributed by atoms with Crippen LogP contribution in [0.1, 0.15) is 19.0 Å². The van der Waals surface area contributed by atoms with E-state index in [1.54, 1.807) is 6.26 Å². The lowest BCUT2D eigenvalue weighted by atomic mass is 10.1. The lowest BCUT2D eigenvalue weighted by Gasteiger charge is -2.37. The van der Waals surface area contributed by atoms with Gasteiger partial charge in [0.05, 0.1) is 12.0 Å². The van der Waals surface area contributed by atoms with Crippen molar-refractivity contribution in [3.63, 3.8) is 0 Å². The number of hydrogen-bond acceptors (Lipinski definition) is 5. The van der Waals surface area contributed by atoms with Crippen LogP contribution < -0.4 is 5.32 Å². The summed E-state index contributed by atoms with van der Waals surface area (Å²) in [6.07, 6.45) is 2.79. The van der Waals surface area contributed by atoms with Gasteiger partial charge in [-0.1, -0.05) is 12.1 Å². The zero-order valence-electron chi connectivity index (χ0n) is 11.1. The van der Waals surface area contributed by atoms with Crippen molar-refractivity contribution >= 4 is 0 Å². The van der Waals surface area contributed by atoms with E-state index in [0.29, 0.717) is 11.8 Å². The minimum atomic E-state index is 0.628. The van der Waals surface area contributed by atoms with Crippen LogP contribution in [0.3, 0.4) is 0 Å². The SMILES string of the molecule is CCCN(Cc1cc(-c2ccco2)on1)C1CNC1. The van der Waals surface area contributed by atoms with Gasteiger partial charge in [0, 0.05) is 31.7 Å². The van der Waals surface area contributed by atoms with Gasteiger partial charge in [0.2, 0.25) is 5.76 Å². The third-order valence-corrected chi connectivity index (χ3v) is 3.48. The standard InChI is InChI=1S/C14H19N3O2/c1-2-5-17(12-8-15-9-12)10-11-7-14(19-16-11)13-4-3-6-18-13/h3-4,6-7,12,15H,2,5,8-10H2,1H3. The molecule has 0 atom stereocenters. The van der Waals surface area contributed by atoms with Crippen molar-refractivity contribution in [3.8, 4) is 11.5 Å². The lowest BCUT2D eigenvalue weighted by Crippen LogP contribution is -2.57. The maximum atomic E-state index is 5.33. The van der Waals surface area contributed by atoms with E-state index >= 15 is 0 Å². The molecule has 0 bridgehead atoms. The highest BCUT2D eigenvalue weighted by Crippen LogP contribution is 2.21. The fourth-order valence-electron chi connectivity index (χ4n) is 2.34. The lowest BCUT2D eigenvalue weighted by molar-refractivity contribution is 0.134. The molecule has 19 heavy (non-hydrogen) atoms. The maximum Gasteiger partial charge on any atom is 0.202 e. The van der Waals surface area contributed by atoms with Gasteiger partial charge in [0.1, 0.15) is 0 Å². The van der Waals surface area contributed by atoms with Crippen LogP contribution in [-0.4, -0.2) is 35.7 Å². The van der Waals surface area contributed by atoms with Crippen LogP contribution in [0.15, 0.2) is 33.4 Å². The van der Waals surface area contributed by atoms with Crippen molar-refractivity contribution in [1.29, 1.82) is 0 Å². The molecule has 3 heterocycles. The second-order valence-electron chi connectivity index (χ2n) is 4.94. The van der Waals surface area contributed by atoms with Gasteiger partial charge in [0.25, 0.3) is 0 Å². The molecule has 0 spiro atoms. The third-order valence-electron chi connectivity index (χ3n) is 3.48. The van der Waals surface area contributed by atoms with Gasteiger partial charge >= 0.3 is 0 Å². The largest absolute Gasteiger partial charge is 0.461 e. The topological polar surface area (TPSA) is 54.4 Å². The molecule has 0 aromatic carbocycles. The zero-order valence-corrected chi connectivity index (χ0v) is 11.1. The minimum Gasteiger partial charge on any atom is -0.461 e. The highest BCUT2D eigenvalue weighted by molar-refractivity contribution is 5.49. The average molecular weight is 261 g/mol. The first kappa shape index (κ1) is 12.4. The first-order valence-corrected chi connectivity index (χ1v) is 6.81. The predicted molar refractivity (Wildman–Crippen MR) is 71.6 cm³/mol. The Labute approximate surface area is 112 Å². The van der Waals surface area contributed by atoms with E-state index in [2.05, 4.69) is 22.3 Å². The van der Waals surface area contributed by atoms with Crippen LogP contribution in [-0.2, 0) is 6.54 Å².